The normalized spacial score (nSPS) is 14.7. The van der Waals surface area contributed by atoms with Gasteiger partial charge in [-0.25, -0.2) is 9.79 Å². The van der Waals surface area contributed by atoms with Gasteiger partial charge in [0.2, 0.25) is 0 Å². The van der Waals surface area contributed by atoms with Crippen molar-refractivity contribution in [2.45, 2.75) is 31.4 Å². The van der Waals surface area contributed by atoms with Gasteiger partial charge in [0.05, 0.1) is 37.8 Å². The molecular formula is C31H25Br2N3O6S2. The minimum absolute atomic E-state index is 0.00510. The zero-order valence-electron chi connectivity index (χ0n) is 23.7. The molecule has 0 fully saturated rings. The van der Waals surface area contributed by atoms with E-state index in [1.54, 1.807) is 48.4 Å². The van der Waals surface area contributed by atoms with Crippen LogP contribution in [0.5, 0.6) is 5.75 Å². The Morgan fingerprint density at radius 3 is 2.50 bits per heavy atom. The van der Waals surface area contributed by atoms with Gasteiger partial charge < -0.3 is 9.47 Å². The molecule has 0 amide bonds. The van der Waals surface area contributed by atoms with Gasteiger partial charge in [-0.3, -0.25) is 19.5 Å². The van der Waals surface area contributed by atoms with Crippen LogP contribution in [0.25, 0.3) is 6.08 Å². The lowest BCUT2D eigenvalue weighted by Crippen LogP contribution is -2.39. The number of fused-ring (bicyclic) bond motifs is 1. The van der Waals surface area contributed by atoms with Crippen LogP contribution in [-0.2, 0) is 16.1 Å². The zero-order valence-corrected chi connectivity index (χ0v) is 28.5. The molecule has 226 valence electrons. The first kappa shape index (κ1) is 31.9. The van der Waals surface area contributed by atoms with E-state index in [9.17, 15) is 19.7 Å². The molecule has 0 saturated heterocycles. The van der Waals surface area contributed by atoms with Gasteiger partial charge in [-0.15, -0.1) is 11.8 Å². The highest BCUT2D eigenvalue weighted by Gasteiger charge is 2.33. The highest BCUT2D eigenvalue weighted by atomic mass is 79.9. The van der Waals surface area contributed by atoms with Crippen LogP contribution >= 0.6 is 55.0 Å². The van der Waals surface area contributed by atoms with Crippen molar-refractivity contribution in [1.29, 1.82) is 0 Å². The van der Waals surface area contributed by atoms with E-state index in [0.717, 1.165) is 20.5 Å². The van der Waals surface area contributed by atoms with Gasteiger partial charge in [-0.2, -0.15) is 0 Å². The number of thioether (sulfide) groups is 1. The Morgan fingerprint density at radius 1 is 1.16 bits per heavy atom. The van der Waals surface area contributed by atoms with E-state index in [1.165, 1.54) is 23.5 Å². The van der Waals surface area contributed by atoms with Crippen LogP contribution in [0.1, 0.15) is 36.6 Å². The lowest BCUT2D eigenvalue weighted by atomic mass is 9.96. The quantitative estimate of drug-likeness (QED) is 0.0826. The number of rotatable bonds is 9. The number of nitrogens with zero attached hydrogens (tertiary/aromatic N) is 3. The summed E-state index contributed by atoms with van der Waals surface area (Å²) in [5.74, 6) is -0.0233. The topological polar surface area (TPSA) is 113 Å². The number of nitro benzene ring substituents is 1. The van der Waals surface area contributed by atoms with Crippen LogP contribution in [0.15, 0.2) is 95.6 Å². The summed E-state index contributed by atoms with van der Waals surface area (Å²) in [7, 11) is 0. The maximum absolute atomic E-state index is 14.1. The molecule has 44 heavy (non-hydrogen) atoms. The van der Waals surface area contributed by atoms with Gasteiger partial charge in [0.15, 0.2) is 4.80 Å². The molecule has 0 spiro atoms. The summed E-state index contributed by atoms with van der Waals surface area (Å²) in [6.45, 7) is 3.83. The molecule has 13 heteroatoms. The minimum Gasteiger partial charge on any atom is -0.487 e. The van der Waals surface area contributed by atoms with Gasteiger partial charge in [-0.1, -0.05) is 39.4 Å². The third-order valence-electron chi connectivity index (χ3n) is 6.80. The molecule has 0 aliphatic carbocycles. The minimum atomic E-state index is -0.713. The summed E-state index contributed by atoms with van der Waals surface area (Å²) in [6.07, 6.45) is 3.72. The van der Waals surface area contributed by atoms with Gasteiger partial charge in [0.1, 0.15) is 12.4 Å². The number of ether oxygens (including phenoxy) is 2. The molecule has 2 heterocycles. The second-order valence-corrected chi connectivity index (χ2v) is 13.3. The molecule has 1 aromatic heterocycles. The summed E-state index contributed by atoms with van der Waals surface area (Å²) in [6, 6.07) is 16.8. The maximum atomic E-state index is 14.1. The van der Waals surface area contributed by atoms with Gasteiger partial charge in [0, 0.05) is 27.1 Å². The number of benzene rings is 3. The van der Waals surface area contributed by atoms with Crippen molar-refractivity contribution in [3.8, 4) is 5.75 Å². The second-order valence-electron chi connectivity index (χ2n) is 9.59. The first-order chi connectivity index (χ1) is 21.1. The number of esters is 1. The Balaban J connectivity index is 1.60. The molecule has 0 unspecified atom stereocenters. The molecule has 9 nitrogen and oxygen atoms in total. The fourth-order valence-corrected chi connectivity index (χ4v) is 7.56. The van der Waals surface area contributed by atoms with Crippen LogP contribution in [0.3, 0.4) is 0 Å². The monoisotopic (exact) mass is 757 g/mol. The second kappa shape index (κ2) is 13.6. The molecule has 1 aliphatic rings. The Labute approximate surface area is 277 Å². The lowest BCUT2D eigenvalue weighted by Gasteiger charge is -2.24. The van der Waals surface area contributed by atoms with Gasteiger partial charge in [0.25, 0.3) is 11.2 Å². The van der Waals surface area contributed by atoms with Crippen LogP contribution in [0, 0.1) is 10.1 Å². The standard InChI is InChI=1S/C31H25Br2N3O6S2/c1-4-41-30(38)26-17(2)34-31-35(27(26)19-7-11-23(43-3)12-8-19)29(37)25(44-31)14-20-13-21(32)15-24(33)28(20)42-16-18-5-9-22(10-6-18)36(39)40/h5-15,27H,4,16H2,1-3H3/b25-14-/t27-/m0/s1. The number of nitro groups is 1. The molecular weight excluding hydrogens is 734 g/mol. The number of aromatic nitrogens is 1. The number of halogens is 2. The molecule has 0 radical (unpaired) electrons. The maximum Gasteiger partial charge on any atom is 0.338 e. The molecule has 1 aliphatic heterocycles. The summed E-state index contributed by atoms with van der Waals surface area (Å²) in [5, 5.41) is 11.0. The SMILES string of the molecule is CCOC(=O)C1=C(C)N=c2s/c(=C\c3cc(Br)cc(Br)c3OCc3ccc([N+](=O)[O-])cc3)c(=O)n2[C@H]1c1ccc(SC)cc1. The number of non-ortho nitro benzene ring substituents is 1. The number of carbonyl (C=O) groups excluding carboxylic acids is 1. The first-order valence-electron chi connectivity index (χ1n) is 13.3. The van der Waals surface area contributed by atoms with Crippen LogP contribution in [-0.4, -0.2) is 28.3 Å². The fraction of sp³-hybridized carbons (Fsp3) is 0.194. The van der Waals surface area contributed by atoms with Crippen molar-refractivity contribution in [3.05, 3.63) is 127 Å². The summed E-state index contributed by atoms with van der Waals surface area (Å²) >= 11 is 9.91. The number of hydrogen-bond acceptors (Lipinski definition) is 9. The smallest absolute Gasteiger partial charge is 0.338 e. The van der Waals surface area contributed by atoms with E-state index in [4.69, 9.17) is 9.47 Å². The average molecular weight is 759 g/mol. The summed E-state index contributed by atoms with van der Waals surface area (Å²) in [4.78, 5) is 44.0. The molecule has 5 rings (SSSR count). The van der Waals surface area contributed by atoms with Crippen molar-refractivity contribution in [1.82, 2.24) is 4.57 Å². The van der Waals surface area contributed by atoms with Gasteiger partial charge >= 0.3 is 5.97 Å². The Hall–Kier alpha value is -3.52. The lowest BCUT2D eigenvalue weighted by molar-refractivity contribution is -0.384. The number of hydrogen-bond donors (Lipinski definition) is 0. The largest absolute Gasteiger partial charge is 0.487 e. The van der Waals surface area contributed by atoms with Crippen LogP contribution in [0.4, 0.5) is 5.69 Å². The summed E-state index contributed by atoms with van der Waals surface area (Å²) < 4.78 is 14.9. The average Bonchev–Trinajstić information content (AvgIpc) is 3.30. The number of carbonyl (C=O) groups is 1. The molecule has 1 atom stereocenters. The predicted octanol–water partition coefficient (Wildman–Crippen LogP) is 6.53. The van der Waals surface area contributed by atoms with Gasteiger partial charge in [-0.05, 0) is 89.6 Å². The van der Waals surface area contributed by atoms with Crippen molar-refractivity contribution in [3.63, 3.8) is 0 Å². The van der Waals surface area contributed by atoms with E-state index >= 15 is 0 Å². The zero-order chi connectivity index (χ0) is 31.5. The fourth-order valence-electron chi connectivity index (χ4n) is 4.74. The third kappa shape index (κ3) is 6.60. The summed E-state index contributed by atoms with van der Waals surface area (Å²) in [5.41, 5.74) is 2.64. The molecule has 3 aromatic carbocycles. The Morgan fingerprint density at radius 2 is 1.86 bits per heavy atom. The van der Waals surface area contributed by atoms with Crippen LogP contribution in [0.2, 0.25) is 0 Å². The number of thiazole rings is 1. The van der Waals surface area contributed by atoms with E-state index in [0.29, 0.717) is 36.4 Å². The third-order valence-corrected chi connectivity index (χ3v) is 9.58. The molecule has 0 N–H and O–H groups in total. The molecule has 0 bridgehead atoms. The highest BCUT2D eigenvalue weighted by molar-refractivity contribution is 9.11. The van der Waals surface area contributed by atoms with E-state index in [-0.39, 0.29) is 24.5 Å². The van der Waals surface area contributed by atoms with Crippen molar-refractivity contribution in [2.75, 3.05) is 12.9 Å². The predicted molar refractivity (Wildman–Crippen MR) is 178 cm³/mol. The molecule has 4 aromatic rings. The van der Waals surface area contributed by atoms with E-state index in [2.05, 4.69) is 36.9 Å². The first-order valence-corrected chi connectivity index (χ1v) is 16.9. The number of allylic oxidation sites excluding steroid dienone is 1. The van der Waals surface area contributed by atoms with E-state index in [1.807, 2.05) is 42.7 Å². The highest BCUT2D eigenvalue weighted by Crippen LogP contribution is 2.35. The van der Waals surface area contributed by atoms with Crippen LogP contribution < -0.4 is 19.6 Å². The van der Waals surface area contributed by atoms with E-state index < -0.39 is 16.9 Å². The van der Waals surface area contributed by atoms with Crippen molar-refractivity contribution < 1.29 is 19.2 Å². The Kier molecular flexibility index (Phi) is 9.88. The Bertz CT molecular complexity index is 1970. The van der Waals surface area contributed by atoms with Crippen molar-refractivity contribution in [2.24, 2.45) is 4.99 Å². The van der Waals surface area contributed by atoms with Crippen molar-refractivity contribution >= 4 is 72.7 Å². The molecule has 0 saturated carbocycles.